The van der Waals surface area contributed by atoms with Crippen LogP contribution in [0.25, 0.3) is 21.3 Å². The van der Waals surface area contributed by atoms with Crippen LogP contribution in [0.15, 0.2) is 108 Å². The molecule has 4 atom stereocenters. The molecule has 1 aliphatic heterocycles. The van der Waals surface area contributed by atoms with Crippen molar-refractivity contribution < 1.29 is 19.4 Å². The zero-order valence-electron chi connectivity index (χ0n) is 25.1. The normalized spacial score (nSPS) is 19.8. The van der Waals surface area contributed by atoms with Crippen LogP contribution < -0.4 is 5.32 Å². The smallest absolute Gasteiger partial charge is 0.271 e. The molecule has 1 fully saturated rings. The summed E-state index contributed by atoms with van der Waals surface area (Å²) in [5.74, 6) is 0.526. The highest BCUT2D eigenvalue weighted by Crippen LogP contribution is 2.43. The molecule has 7 rings (SSSR count). The molecule has 6 aromatic rings. The first-order valence-electron chi connectivity index (χ1n) is 15.1. The first kappa shape index (κ1) is 30.5. The summed E-state index contributed by atoms with van der Waals surface area (Å²) in [6.45, 7) is 2.51. The number of aliphatic hydroxyl groups is 1. The molecule has 1 saturated heterocycles. The van der Waals surface area contributed by atoms with E-state index in [0.29, 0.717) is 12.1 Å². The van der Waals surface area contributed by atoms with Crippen LogP contribution >= 0.6 is 23.1 Å². The molecule has 10 heteroatoms. The topological polar surface area (TPSA) is 106 Å². The summed E-state index contributed by atoms with van der Waals surface area (Å²) >= 11 is 3.41. The van der Waals surface area contributed by atoms with Crippen molar-refractivity contribution in [2.75, 3.05) is 5.75 Å². The van der Waals surface area contributed by atoms with Gasteiger partial charge in [-0.1, -0.05) is 91.5 Å². The van der Waals surface area contributed by atoms with Crippen molar-refractivity contribution in [3.8, 4) is 0 Å². The second-order valence-electron chi connectivity index (χ2n) is 11.2. The molecule has 232 valence electrons. The minimum atomic E-state index is -0.573. The number of nitrogens with one attached hydrogen (secondary N) is 1. The third kappa shape index (κ3) is 6.67. The summed E-state index contributed by atoms with van der Waals surface area (Å²) in [5.41, 5.74) is 6.46. The Morgan fingerprint density at radius 2 is 1.54 bits per heavy atom. The average molecular weight is 649 g/mol. The number of para-hydroxylation sites is 3. The fraction of sp³-hybridized carbons (Fsp3) is 0.222. The number of carbonyl (C=O) groups excluding carboxylic acids is 1. The van der Waals surface area contributed by atoms with Gasteiger partial charge in [0.25, 0.3) is 5.91 Å². The molecule has 2 aromatic heterocycles. The lowest BCUT2D eigenvalue weighted by atomic mass is 9.91. The number of rotatable bonds is 9. The van der Waals surface area contributed by atoms with Crippen LogP contribution in [-0.2, 0) is 22.6 Å². The predicted octanol–water partition coefficient (Wildman–Crippen LogP) is 7.25. The lowest BCUT2D eigenvalue weighted by Crippen LogP contribution is -2.38. The molecule has 1 aliphatic rings. The molecule has 0 saturated carbocycles. The summed E-state index contributed by atoms with van der Waals surface area (Å²) in [5, 5.41) is 12.5. The summed E-state index contributed by atoms with van der Waals surface area (Å²) in [6.07, 6.45) is 0.629. The molecule has 4 aromatic carbocycles. The molecule has 2 N–H and O–H groups in total. The fourth-order valence-corrected chi connectivity index (χ4v) is 7.77. The molecular weight excluding hydrogens is 617 g/mol. The summed E-state index contributed by atoms with van der Waals surface area (Å²) < 4.78 is 15.4. The van der Waals surface area contributed by atoms with E-state index in [1.807, 2.05) is 91.0 Å². The molecule has 1 amide bonds. The van der Waals surface area contributed by atoms with Crippen LogP contribution in [0, 0.1) is 5.92 Å². The van der Waals surface area contributed by atoms with Gasteiger partial charge in [-0.3, -0.25) is 9.78 Å². The number of aromatic nitrogens is 3. The number of benzene rings is 4. The van der Waals surface area contributed by atoms with Gasteiger partial charge < -0.3 is 19.9 Å². The maximum Gasteiger partial charge on any atom is 0.271 e. The largest absolute Gasteiger partial charge is 0.392 e. The van der Waals surface area contributed by atoms with Crippen molar-refractivity contribution in [3.63, 3.8) is 0 Å². The van der Waals surface area contributed by atoms with Gasteiger partial charge in [-0.05, 0) is 41.0 Å². The van der Waals surface area contributed by atoms with Gasteiger partial charge in [-0.25, -0.2) is 9.97 Å². The lowest BCUT2D eigenvalue weighted by Gasteiger charge is -2.41. The first-order valence-corrected chi connectivity index (χ1v) is 16.9. The van der Waals surface area contributed by atoms with Gasteiger partial charge in [0.15, 0.2) is 10.6 Å². The standard InChI is InChI=1S/C36H32N4O4S2/c1-22-31(21-45-36-40-29-8-4-5-9-32(29)46-36)43-35(44-33(22)25-14-12-24(20-41)13-15-25)26-16-10-23(11-17-26)18-38-34(42)30-19-37-27-6-2-3-7-28(27)39-30/h2-17,19,22,31,33,35,41H,18,20-21H2,1H3,(H,38,42)/t22-,31+,33+,35+/m0/s1. The van der Waals surface area contributed by atoms with Crippen LogP contribution in [0.2, 0.25) is 0 Å². The van der Waals surface area contributed by atoms with E-state index in [0.717, 1.165) is 43.4 Å². The Morgan fingerprint density at radius 1 is 0.848 bits per heavy atom. The van der Waals surface area contributed by atoms with Gasteiger partial charge in [0.1, 0.15) is 5.69 Å². The number of carbonyl (C=O) groups is 1. The average Bonchev–Trinajstić information content (AvgIpc) is 3.53. The molecule has 8 nitrogen and oxygen atoms in total. The monoisotopic (exact) mass is 648 g/mol. The molecule has 0 radical (unpaired) electrons. The highest BCUT2D eigenvalue weighted by Gasteiger charge is 2.38. The van der Waals surface area contributed by atoms with E-state index in [1.54, 1.807) is 23.1 Å². The Balaban J connectivity index is 1.05. The number of ether oxygens (including phenoxy) is 2. The molecule has 0 spiro atoms. The second kappa shape index (κ2) is 13.7. The quantitative estimate of drug-likeness (QED) is 0.158. The van der Waals surface area contributed by atoms with Crippen LogP contribution in [0.4, 0.5) is 0 Å². The zero-order chi connectivity index (χ0) is 31.5. The molecule has 0 bridgehead atoms. The van der Waals surface area contributed by atoms with Gasteiger partial charge in [0, 0.05) is 23.8 Å². The lowest BCUT2D eigenvalue weighted by molar-refractivity contribution is -0.268. The van der Waals surface area contributed by atoms with E-state index in [-0.39, 0.29) is 36.3 Å². The Kier molecular flexibility index (Phi) is 9.05. The van der Waals surface area contributed by atoms with Crippen LogP contribution in [0.3, 0.4) is 0 Å². The number of nitrogens with zero attached hydrogens (tertiary/aromatic N) is 3. The minimum absolute atomic E-state index is 0.00299. The Morgan fingerprint density at radius 3 is 2.30 bits per heavy atom. The van der Waals surface area contributed by atoms with Crippen molar-refractivity contribution in [3.05, 3.63) is 131 Å². The van der Waals surface area contributed by atoms with Gasteiger partial charge in [0.05, 0.1) is 46.3 Å². The number of hydrogen-bond donors (Lipinski definition) is 2. The molecular formula is C36H32N4O4S2. The van der Waals surface area contributed by atoms with E-state index >= 15 is 0 Å². The summed E-state index contributed by atoms with van der Waals surface area (Å²) in [7, 11) is 0. The van der Waals surface area contributed by atoms with E-state index in [2.05, 4.69) is 28.3 Å². The Hall–Kier alpha value is -4.19. The van der Waals surface area contributed by atoms with Crippen LogP contribution in [0.1, 0.15) is 52.1 Å². The Bertz CT molecular complexity index is 1930. The first-order chi connectivity index (χ1) is 22.5. The van der Waals surface area contributed by atoms with Gasteiger partial charge in [-0.2, -0.15) is 0 Å². The highest BCUT2D eigenvalue weighted by molar-refractivity contribution is 8.01. The van der Waals surface area contributed by atoms with Crippen molar-refractivity contribution in [2.24, 2.45) is 5.92 Å². The minimum Gasteiger partial charge on any atom is -0.392 e. The predicted molar refractivity (Wildman–Crippen MR) is 180 cm³/mol. The number of thiazole rings is 1. The molecule has 3 heterocycles. The van der Waals surface area contributed by atoms with Gasteiger partial charge >= 0.3 is 0 Å². The highest BCUT2D eigenvalue weighted by atomic mass is 32.2. The van der Waals surface area contributed by atoms with Crippen molar-refractivity contribution in [2.45, 2.75) is 42.9 Å². The number of fused-ring (bicyclic) bond motifs is 2. The van der Waals surface area contributed by atoms with Crippen LogP contribution in [-0.4, -0.2) is 37.8 Å². The number of amides is 1. The van der Waals surface area contributed by atoms with E-state index in [1.165, 1.54) is 10.9 Å². The molecule has 46 heavy (non-hydrogen) atoms. The maximum atomic E-state index is 12.8. The van der Waals surface area contributed by atoms with Crippen molar-refractivity contribution >= 4 is 50.3 Å². The third-order valence-electron chi connectivity index (χ3n) is 8.15. The SMILES string of the molecule is C[C@H]1[C@@H](CSc2nc3ccccc3s2)O[C@@H](c2ccc(CNC(=O)c3cnc4ccccc4n3)cc2)O[C@H]1c1ccc(CO)cc1. The van der Waals surface area contributed by atoms with Crippen molar-refractivity contribution in [1.29, 1.82) is 0 Å². The van der Waals surface area contributed by atoms with Crippen LogP contribution in [0.5, 0.6) is 0 Å². The zero-order valence-corrected chi connectivity index (χ0v) is 26.7. The van der Waals surface area contributed by atoms with E-state index < -0.39 is 6.29 Å². The van der Waals surface area contributed by atoms with Gasteiger partial charge in [-0.15, -0.1) is 11.3 Å². The fourth-order valence-electron chi connectivity index (χ4n) is 5.51. The molecule has 0 aliphatic carbocycles. The van der Waals surface area contributed by atoms with E-state index in [9.17, 15) is 9.90 Å². The number of thioether (sulfide) groups is 1. The third-order valence-corrected chi connectivity index (χ3v) is 10.4. The van der Waals surface area contributed by atoms with E-state index in [4.69, 9.17) is 14.5 Å². The van der Waals surface area contributed by atoms with Crippen molar-refractivity contribution in [1.82, 2.24) is 20.3 Å². The number of hydrogen-bond acceptors (Lipinski definition) is 9. The molecule has 0 unspecified atom stereocenters. The number of aliphatic hydroxyl groups excluding tert-OH is 1. The van der Waals surface area contributed by atoms with Gasteiger partial charge in [0.2, 0.25) is 0 Å². The Labute approximate surface area is 274 Å². The summed E-state index contributed by atoms with van der Waals surface area (Å²) in [4.78, 5) is 26.4. The summed E-state index contributed by atoms with van der Waals surface area (Å²) in [6, 6.07) is 31.5. The maximum absolute atomic E-state index is 12.8. The second-order valence-corrected chi connectivity index (χ2v) is 13.5.